The van der Waals surface area contributed by atoms with Crippen molar-refractivity contribution < 1.29 is 14.3 Å². The molecule has 0 saturated heterocycles. The van der Waals surface area contributed by atoms with Gasteiger partial charge in [-0.2, -0.15) is 0 Å². The average Bonchev–Trinajstić information content (AvgIpc) is 3.22. The van der Waals surface area contributed by atoms with Gasteiger partial charge in [0, 0.05) is 40.9 Å². The molecular formula is C23H39IN4O3. The van der Waals surface area contributed by atoms with Crippen molar-refractivity contribution in [3.63, 3.8) is 0 Å². The van der Waals surface area contributed by atoms with Gasteiger partial charge in [0.1, 0.15) is 5.75 Å². The molecule has 1 aliphatic carbocycles. The molecule has 0 aliphatic heterocycles. The highest BCUT2D eigenvalue weighted by molar-refractivity contribution is 14.0. The molecule has 1 amide bonds. The number of hydrogen-bond donors (Lipinski definition) is 2. The fourth-order valence-electron chi connectivity index (χ4n) is 3.75. The molecule has 176 valence electrons. The normalized spacial score (nSPS) is 15.2. The summed E-state index contributed by atoms with van der Waals surface area (Å²) in [7, 11) is 5.21. The summed E-state index contributed by atoms with van der Waals surface area (Å²) in [6, 6.07) is 7.75. The van der Waals surface area contributed by atoms with Crippen molar-refractivity contribution in [2.45, 2.75) is 45.6 Å². The second-order valence-corrected chi connectivity index (χ2v) is 8.22. The van der Waals surface area contributed by atoms with Gasteiger partial charge in [0.25, 0.3) is 5.91 Å². The molecule has 0 aromatic heterocycles. The zero-order chi connectivity index (χ0) is 21.8. The second kappa shape index (κ2) is 14.5. The van der Waals surface area contributed by atoms with Crippen LogP contribution in [0.4, 0.5) is 0 Å². The number of benzene rings is 1. The number of carbonyl (C=O) groups is 1. The lowest BCUT2D eigenvalue weighted by Gasteiger charge is -2.30. The zero-order valence-corrected chi connectivity index (χ0v) is 21.7. The van der Waals surface area contributed by atoms with Crippen molar-refractivity contribution in [1.29, 1.82) is 0 Å². The summed E-state index contributed by atoms with van der Waals surface area (Å²) in [4.78, 5) is 18.0. The molecule has 2 rings (SSSR count). The summed E-state index contributed by atoms with van der Waals surface area (Å²) < 4.78 is 10.9. The van der Waals surface area contributed by atoms with Crippen LogP contribution in [0.1, 0.15) is 44.6 Å². The van der Waals surface area contributed by atoms with Gasteiger partial charge in [-0.3, -0.25) is 4.79 Å². The minimum absolute atomic E-state index is 0. The topological polar surface area (TPSA) is 75.2 Å². The summed E-state index contributed by atoms with van der Waals surface area (Å²) in [5.74, 6) is 1.45. The molecular weight excluding hydrogens is 507 g/mol. The number of likely N-dealkylation sites (N-methyl/N-ethyl adjacent to an activating group) is 1. The van der Waals surface area contributed by atoms with Crippen LogP contribution in [0.2, 0.25) is 0 Å². The largest absolute Gasteiger partial charge is 0.484 e. The fraction of sp³-hybridized carbons (Fsp3) is 0.652. The summed E-state index contributed by atoms with van der Waals surface area (Å²) in [5.41, 5.74) is 1.34. The Balaban J connectivity index is 0.00000480. The van der Waals surface area contributed by atoms with E-state index in [1.54, 1.807) is 21.2 Å². The summed E-state index contributed by atoms with van der Waals surface area (Å²) in [6.07, 6.45) is 6.16. The van der Waals surface area contributed by atoms with E-state index in [4.69, 9.17) is 14.5 Å². The second-order valence-electron chi connectivity index (χ2n) is 8.22. The number of amides is 1. The fourth-order valence-corrected chi connectivity index (χ4v) is 3.75. The van der Waals surface area contributed by atoms with E-state index >= 15 is 0 Å². The lowest BCUT2D eigenvalue weighted by Crippen LogP contribution is -2.43. The lowest BCUT2D eigenvalue weighted by molar-refractivity contribution is -0.130. The number of hydrogen-bond acceptors (Lipinski definition) is 4. The Labute approximate surface area is 204 Å². The molecule has 8 heteroatoms. The number of guanidine groups is 1. The Kier molecular flexibility index (Phi) is 12.9. The first-order chi connectivity index (χ1) is 14.5. The van der Waals surface area contributed by atoms with Gasteiger partial charge in [0.2, 0.25) is 0 Å². The Bertz CT molecular complexity index is 691. The van der Waals surface area contributed by atoms with E-state index < -0.39 is 0 Å². The van der Waals surface area contributed by atoms with E-state index in [0.717, 1.165) is 37.6 Å². The molecule has 1 saturated carbocycles. The van der Waals surface area contributed by atoms with Crippen molar-refractivity contribution in [3.8, 4) is 5.75 Å². The molecule has 7 nitrogen and oxygen atoms in total. The van der Waals surface area contributed by atoms with Crippen LogP contribution in [0.3, 0.4) is 0 Å². The molecule has 0 heterocycles. The molecule has 1 aromatic carbocycles. The number of ether oxygens (including phenoxy) is 2. The van der Waals surface area contributed by atoms with Gasteiger partial charge >= 0.3 is 0 Å². The molecule has 0 radical (unpaired) electrons. The van der Waals surface area contributed by atoms with E-state index in [2.05, 4.69) is 17.6 Å². The van der Waals surface area contributed by atoms with E-state index in [9.17, 15) is 4.79 Å². The number of nitrogens with zero attached hydrogens (tertiary/aromatic N) is 2. The van der Waals surface area contributed by atoms with Crippen molar-refractivity contribution in [3.05, 3.63) is 29.8 Å². The van der Waals surface area contributed by atoms with Crippen molar-refractivity contribution >= 4 is 35.8 Å². The molecule has 1 aromatic rings. The average molecular weight is 546 g/mol. The number of rotatable bonds is 11. The van der Waals surface area contributed by atoms with Crippen LogP contribution in [-0.4, -0.2) is 64.3 Å². The maximum absolute atomic E-state index is 11.7. The summed E-state index contributed by atoms with van der Waals surface area (Å²) in [5, 5.41) is 6.90. The van der Waals surface area contributed by atoms with E-state index in [1.807, 2.05) is 24.3 Å². The lowest BCUT2D eigenvalue weighted by atomic mass is 9.83. The van der Waals surface area contributed by atoms with Gasteiger partial charge in [-0.05, 0) is 49.3 Å². The van der Waals surface area contributed by atoms with Gasteiger partial charge in [-0.25, -0.2) is 4.99 Å². The van der Waals surface area contributed by atoms with Crippen LogP contribution in [0.25, 0.3) is 0 Å². The Morgan fingerprint density at radius 1 is 1.23 bits per heavy atom. The number of carbonyl (C=O) groups excluding carboxylic acids is 1. The highest BCUT2D eigenvalue weighted by atomic mass is 127. The Morgan fingerprint density at radius 2 is 1.97 bits per heavy atom. The quantitative estimate of drug-likeness (QED) is 0.253. The standard InChI is InChI=1S/C23H38N4O3.HI/c1-5-24-22(26-18-23(13-14-29-4)11-6-7-12-23)25-16-19-9-8-10-20(15-19)30-17-21(28)27(2)3;/h8-10,15H,5-7,11-14,16-18H2,1-4H3,(H2,24,25,26);1H. The number of aliphatic imine (C=N–C) groups is 1. The van der Waals surface area contributed by atoms with Crippen LogP contribution in [0.15, 0.2) is 29.3 Å². The first kappa shape index (κ1) is 27.5. The molecule has 0 bridgehead atoms. The molecule has 1 fully saturated rings. The Morgan fingerprint density at radius 3 is 2.61 bits per heavy atom. The molecule has 2 N–H and O–H groups in total. The SMILES string of the molecule is CCNC(=NCc1cccc(OCC(=O)N(C)C)c1)NCC1(CCOC)CCCC1.I. The van der Waals surface area contributed by atoms with Crippen molar-refractivity contribution in [2.24, 2.45) is 10.4 Å². The highest BCUT2D eigenvalue weighted by Gasteiger charge is 2.33. The predicted molar refractivity (Wildman–Crippen MR) is 136 cm³/mol. The Hall–Kier alpha value is -1.55. The first-order valence-corrected chi connectivity index (χ1v) is 10.9. The smallest absolute Gasteiger partial charge is 0.259 e. The minimum Gasteiger partial charge on any atom is -0.484 e. The van der Waals surface area contributed by atoms with Crippen molar-refractivity contribution in [1.82, 2.24) is 15.5 Å². The maximum atomic E-state index is 11.7. The molecule has 0 spiro atoms. The van der Waals surface area contributed by atoms with E-state index in [-0.39, 0.29) is 36.5 Å². The highest BCUT2D eigenvalue weighted by Crippen LogP contribution is 2.40. The monoisotopic (exact) mass is 546 g/mol. The van der Waals surface area contributed by atoms with Crippen LogP contribution >= 0.6 is 24.0 Å². The van der Waals surface area contributed by atoms with Crippen molar-refractivity contribution in [2.75, 3.05) is 47.5 Å². The minimum atomic E-state index is -0.0635. The third-order valence-electron chi connectivity index (χ3n) is 5.66. The number of methoxy groups -OCH3 is 1. The molecule has 1 aliphatic rings. The summed E-state index contributed by atoms with van der Waals surface area (Å²) >= 11 is 0. The van der Waals surface area contributed by atoms with Gasteiger partial charge in [-0.1, -0.05) is 25.0 Å². The van der Waals surface area contributed by atoms with Crippen LogP contribution in [-0.2, 0) is 16.1 Å². The van der Waals surface area contributed by atoms with Gasteiger partial charge in [0.05, 0.1) is 6.54 Å². The van der Waals surface area contributed by atoms with Crippen LogP contribution in [0.5, 0.6) is 5.75 Å². The van der Waals surface area contributed by atoms with E-state index in [0.29, 0.717) is 17.7 Å². The number of nitrogens with one attached hydrogen (secondary N) is 2. The third-order valence-corrected chi connectivity index (χ3v) is 5.66. The molecule has 0 unspecified atom stereocenters. The van der Waals surface area contributed by atoms with E-state index in [1.165, 1.54) is 30.6 Å². The van der Waals surface area contributed by atoms with Gasteiger partial charge in [-0.15, -0.1) is 24.0 Å². The summed E-state index contributed by atoms with van der Waals surface area (Å²) in [6.45, 7) is 5.18. The molecule has 0 atom stereocenters. The zero-order valence-electron chi connectivity index (χ0n) is 19.4. The number of halogens is 1. The third kappa shape index (κ3) is 9.64. The molecule has 31 heavy (non-hydrogen) atoms. The van der Waals surface area contributed by atoms with Gasteiger partial charge < -0.3 is 25.0 Å². The first-order valence-electron chi connectivity index (χ1n) is 10.9. The van der Waals surface area contributed by atoms with Gasteiger partial charge in [0.15, 0.2) is 12.6 Å². The van der Waals surface area contributed by atoms with Crippen LogP contribution in [0, 0.1) is 5.41 Å². The predicted octanol–water partition coefficient (Wildman–Crippen LogP) is 3.42. The maximum Gasteiger partial charge on any atom is 0.259 e. The van der Waals surface area contributed by atoms with Crippen LogP contribution < -0.4 is 15.4 Å².